The number of halogens is 1. The molecular weight excluding hydrogens is 421 g/mol. The van der Waals surface area contributed by atoms with E-state index in [9.17, 15) is 14.0 Å². The average Bonchev–Trinajstić information content (AvgIpc) is 3.20. The first-order chi connectivity index (χ1) is 16.0. The Morgan fingerprint density at radius 1 is 1.12 bits per heavy atom. The van der Waals surface area contributed by atoms with Gasteiger partial charge in [0.15, 0.2) is 0 Å². The van der Waals surface area contributed by atoms with Crippen molar-refractivity contribution in [2.75, 3.05) is 33.3 Å². The lowest BCUT2D eigenvalue weighted by atomic mass is 9.84. The first-order valence-electron chi connectivity index (χ1n) is 11.6. The van der Waals surface area contributed by atoms with Crippen LogP contribution in [0.25, 0.3) is 0 Å². The van der Waals surface area contributed by atoms with Crippen molar-refractivity contribution < 1.29 is 18.7 Å². The van der Waals surface area contributed by atoms with E-state index in [-0.39, 0.29) is 17.6 Å². The lowest BCUT2D eigenvalue weighted by molar-refractivity contribution is -0.133. The van der Waals surface area contributed by atoms with E-state index in [0.717, 1.165) is 19.6 Å². The Balaban J connectivity index is 1.32. The molecule has 176 valence electrons. The fourth-order valence-corrected chi connectivity index (χ4v) is 4.85. The van der Waals surface area contributed by atoms with E-state index in [0.29, 0.717) is 56.5 Å². The van der Waals surface area contributed by atoms with Gasteiger partial charge in [-0.2, -0.15) is 0 Å². The van der Waals surface area contributed by atoms with Gasteiger partial charge in [0.25, 0.3) is 0 Å². The van der Waals surface area contributed by atoms with Crippen LogP contribution in [-0.2, 0) is 22.6 Å². The smallest absolute Gasteiger partial charge is 0.222 e. The van der Waals surface area contributed by atoms with Gasteiger partial charge in [-0.1, -0.05) is 36.4 Å². The predicted molar refractivity (Wildman–Crippen MR) is 124 cm³/mol. The molecule has 1 atom stereocenters. The summed E-state index contributed by atoms with van der Waals surface area (Å²) < 4.78 is 19.7. The molecule has 0 aromatic heterocycles. The molecule has 2 heterocycles. The Hall–Kier alpha value is -2.93. The number of rotatable bonds is 8. The monoisotopic (exact) mass is 453 g/mol. The molecule has 2 aliphatic rings. The second kappa shape index (κ2) is 10.3. The maximum atomic E-state index is 14.6. The summed E-state index contributed by atoms with van der Waals surface area (Å²) in [6.07, 6.45) is 2.23. The van der Waals surface area contributed by atoms with Crippen LogP contribution in [0, 0.1) is 5.82 Å². The molecule has 0 bridgehead atoms. The normalized spacial score (nSPS) is 21.2. The molecule has 2 fully saturated rings. The molecule has 4 rings (SSSR count). The van der Waals surface area contributed by atoms with E-state index in [4.69, 9.17) is 4.74 Å². The molecule has 0 spiro atoms. The summed E-state index contributed by atoms with van der Waals surface area (Å²) in [5.41, 5.74) is 1.22. The average molecular weight is 454 g/mol. The van der Waals surface area contributed by atoms with Crippen LogP contribution >= 0.6 is 0 Å². The second-order valence-corrected chi connectivity index (χ2v) is 9.11. The van der Waals surface area contributed by atoms with Gasteiger partial charge in [-0.3, -0.25) is 14.5 Å². The molecule has 6 nitrogen and oxygen atoms in total. The molecule has 0 saturated carbocycles. The van der Waals surface area contributed by atoms with Gasteiger partial charge in [-0.25, -0.2) is 4.39 Å². The number of methoxy groups -OCH3 is 1. The van der Waals surface area contributed by atoms with Gasteiger partial charge in [0.05, 0.1) is 7.11 Å². The van der Waals surface area contributed by atoms with Crippen molar-refractivity contribution in [1.82, 2.24) is 15.1 Å². The maximum Gasteiger partial charge on any atom is 0.222 e. The van der Waals surface area contributed by atoms with Crippen LogP contribution in [0.3, 0.4) is 0 Å². The van der Waals surface area contributed by atoms with E-state index in [1.807, 2.05) is 23.1 Å². The van der Waals surface area contributed by atoms with Crippen molar-refractivity contribution in [2.45, 2.75) is 44.2 Å². The summed E-state index contributed by atoms with van der Waals surface area (Å²) in [5, 5.41) is 3.05. The SMILES string of the molecule is COc1ccc(C[C@]2(CCC(=O)N3CCN(Cc4ccccc4)CC3)CCC(=O)N2)c(F)c1. The summed E-state index contributed by atoms with van der Waals surface area (Å²) in [6, 6.07) is 15.1. The number of hydrogen-bond acceptors (Lipinski definition) is 4. The molecule has 0 aliphatic carbocycles. The highest BCUT2D eigenvalue weighted by Gasteiger charge is 2.39. The van der Waals surface area contributed by atoms with Gasteiger partial charge >= 0.3 is 0 Å². The number of amides is 2. The van der Waals surface area contributed by atoms with Gasteiger partial charge in [0.1, 0.15) is 11.6 Å². The largest absolute Gasteiger partial charge is 0.497 e. The molecule has 2 aromatic carbocycles. The highest BCUT2D eigenvalue weighted by molar-refractivity contribution is 5.80. The Kier molecular flexibility index (Phi) is 7.28. The maximum absolute atomic E-state index is 14.6. The number of nitrogens with one attached hydrogen (secondary N) is 1. The van der Waals surface area contributed by atoms with Crippen LogP contribution in [0.1, 0.15) is 36.8 Å². The molecule has 7 heteroatoms. The summed E-state index contributed by atoms with van der Waals surface area (Å²) >= 11 is 0. The highest BCUT2D eigenvalue weighted by atomic mass is 19.1. The van der Waals surface area contributed by atoms with E-state index in [2.05, 4.69) is 22.3 Å². The Bertz CT molecular complexity index is 976. The lowest BCUT2D eigenvalue weighted by Crippen LogP contribution is -2.49. The lowest BCUT2D eigenvalue weighted by Gasteiger charge is -2.36. The van der Waals surface area contributed by atoms with Gasteiger partial charge in [-0.15, -0.1) is 0 Å². The van der Waals surface area contributed by atoms with Crippen LogP contribution in [0.2, 0.25) is 0 Å². The van der Waals surface area contributed by atoms with Crippen molar-refractivity contribution in [3.05, 3.63) is 65.5 Å². The minimum Gasteiger partial charge on any atom is -0.497 e. The molecule has 2 aliphatic heterocycles. The third kappa shape index (κ3) is 5.90. The molecule has 1 N–H and O–H groups in total. The third-order valence-corrected chi connectivity index (χ3v) is 6.82. The summed E-state index contributed by atoms with van der Waals surface area (Å²) in [5.74, 6) is 0.175. The minimum absolute atomic E-state index is 0.0362. The third-order valence-electron chi connectivity index (χ3n) is 6.82. The molecular formula is C26H32FN3O3. The van der Waals surface area contributed by atoms with Gasteiger partial charge in [0.2, 0.25) is 11.8 Å². The Morgan fingerprint density at radius 2 is 1.88 bits per heavy atom. The molecule has 0 unspecified atom stereocenters. The van der Waals surface area contributed by atoms with E-state index in [1.54, 1.807) is 12.1 Å². The number of hydrogen-bond donors (Lipinski definition) is 1. The standard InChI is InChI=1S/C26H32FN3O3/c1-33-22-8-7-21(23(27)17-22)18-26(11-9-24(31)28-26)12-10-25(32)30-15-13-29(14-16-30)19-20-5-3-2-4-6-20/h2-8,17H,9-16,18-19H2,1H3,(H,28,31)/t26-/m1/s1. The van der Waals surface area contributed by atoms with Crippen LogP contribution in [0.4, 0.5) is 4.39 Å². The summed E-state index contributed by atoms with van der Waals surface area (Å²) in [7, 11) is 1.50. The molecule has 33 heavy (non-hydrogen) atoms. The summed E-state index contributed by atoms with van der Waals surface area (Å²) in [6.45, 7) is 4.00. The quantitative estimate of drug-likeness (QED) is 0.667. The van der Waals surface area contributed by atoms with Crippen molar-refractivity contribution in [3.8, 4) is 5.75 Å². The fraction of sp³-hybridized carbons (Fsp3) is 0.462. The number of nitrogens with zero attached hydrogens (tertiary/aromatic N) is 2. The van der Waals surface area contributed by atoms with Gasteiger partial charge in [0, 0.05) is 57.2 Å². The molecule has 2 aromatic rings. The van der Waals surface area contributed by atoms with Crippen LogP contribution in [0.15, 0.2) is 48.5 Å². The number of benzene rings is 2. The zero-order chi connectivity index (χ0) is 23.3. The summed E-state index contributed by atoms with van der Waals surface area (Å²) in [4.78, 5) is 29.3. The highest BCUT2D eigenvalue weighted by Crippen LogP contribution is 2.31. The predicted octanol–water partition coefficient (Wildman–Crippen LogP) is 3.15. The van der Waals surface area contributed by atoms with Crippen LogP contribution in [-0.4, -0.2) is 60.4 Å². The molecule has 0 radical (unpaired) electrons. The van der Waals surface area contributed by atoms with Crippen LogP contribution in [0.5, 0.6) is 5.75 Å². The zero-order valence-corrected chi connectivity index (χ0v) is 19.2. The van der Waals surface area contributed by atoms with E-state index in [1.165, 1.54) is 18.7 Å². The number of piperazine rings is 1. The van der Waals surface area contributed by atoms with Crippen molar-refractivity contribution in [3.63, 3.8) is 0 Å². The Labute approximate surface area is 194 Å². The fourth-order valence-electron chi connectivity index (χ4n) is 4.85. The van der Waals surface area contributed by atoms with Crippen molar-refractivity contribution in [2.24, 2.45) is 0 Å². The number of carbonyl (C=O) groups excluding carboxylic acids is 2. The first-order valence-corrected chi connectivity index (χ1v) is 11.6. The number of ether oxygens (including phenoxy) is 1. The molecule has 2 amide bonds. The Morgan fingerprint density at radius 3 is 2.52 bits per heavy atom. The van der Waals surface area contributed by atoms with Gasteiger partial charge in [-0.05, 0) is 36.5 Å². The molecule has 2 saturated heterocycles. The first kappa shape index (κ1) is 23.2. The number of carbonyl (C=O) groups is 2. The van der Waals surface area contributed by atoms with Crippen LogP contribution < -0.4 is 10.1 Å². The second-order valence-electron chi connectivity index (χ2n) is 9.11. The van der Waals surface area contributed by atoms with Gasteiger partial charge < -0.3 is 15.0 Å². The van der Waals surface area contributed by atoms with Crippen molar-refractivity contribution >= 4 is 11.8 Å². The van der Waals surface area contributed by atoms with E-state index >= 15 is 0 Å². The van der Waals surface area contributed by atoms with Crippen molar-refractivity contribution in [1.29, 1.82) is 0 Å². The zero-order valence-electron chi connectivity index (χ0n) is 19.2. The topological polar surface area (TPSA) is 61.9 Å². The minimum atomic E-state index is -0.586. The van der Waals surface area contributed by atoms with E-state index < -0.39 is 5.54 Å².